The zero-order valence-electron chi connectivity index (χ0n) is 12.0. The van der Waals surface area contributed by atoms with Crippen LogP contribution in [0.1, 0.15) is 58.8 Å². The van der Waals surface area contributed by atoms with Crippen LogP contribution in [-0.4, -0.2) is 29.4 Å². The number of rotatable bonds is 3. The second-order valence-electron chi connectivity index (χ2n) is 6.71. The van der Waals surface area contributed by atoms with Crippen molar-refractivity contribution in [2.24, 2.45) is 17.6 Å². The molecule has 3 nitrogen and oxygen atoms in total. The van der Waals surface area contributed by atoms with Crippen LogP contribution in [0.5, 0.6) is 0 Å². The quantitative estimate of drug-likeness (QED) is 0.839. The topological polar surface area (TPSA) is 46.3 Å². The van der Waals surface area contributed by atoms with Crippen LogP contribution in [0.3, 0.4) is 0 Å². The summed E-state index contributed by atoms with van der Waals surface area (Å²) in [6.45, 7) is 6.46. The fourth-order valence-electron chi connectivity index (χ4n) is 3.48. The maximum absolute atomic E-state index is 12.3. The molecule has 3 heteroatoms. The number of hydrogen-bond acceptors (Lipinski definition) is 2. The number of carbonyl (C=O) groups is 1. The van der Waals surface area contributed by atoms with Crippen molar-refractivity contribution in [1.29, 1.82) is 0 Å². The molecule has 0 atom stereocenters. The molecule has 2 aliphatic rings. The first-order valence-electron chi connectivity index (χ1n) is 7.57. The Morgan fingerprint density at radius 2 is 1.83 bits per heavy atom. The monoisotopic (exact) mass is 252 g/mol. The molecule has 2 rings (SSSR count). The Bertz CT molecular complexity index is 287. The van der Waals surface area contributed by atoms with E-state index in [0.29, 0.717) is 12.3 Å². The number of carbonyl (C=O) groups excluding carboxylic acids is 1. The first-order chi connectivity index (χ1) is 8.50. The average Bonchev–Trinajstić information content (AvgIpc) is 2.76. The van der Waals surface area contributed by atoms with Gasteiger partial charge in [-0.1, -0.05) is 26.7 Å². The van der Waals surface area contributed by atoms with E-state index in [4.69, 9.17) is 5.73 Å². The number of piperidine rings is 1. The predicted octanol–water partition coefficient (Wildman–Crippen LogP) is 2.54. The van der Waals surface area contributed by atoms with E-state index in [1.165, 1.54) is 25.7 Å². The summed E-state index contributed by atoms with van der Waals surface area (Å²) >= 11 is 0. The Morgan fingerprint density at radius 1 is 1.28 bits per heavy atom. The molecule has 0 unspecified atom stereocenters. The van der Waals surface area contributed by atoms with Crippen molar-refractivity contribution in [2.45, 2.75) is 64.3 Å². The Kier molecular flexibility index (Phi) is 4.31. The summed E-state index contributed by atoms with van der Waals surface area (Å²) in [6, 6.07) is 0. The van der Waals surface area contributed by atoms with Gasteiger partial charge in [0.25, 0.3) is 0 Å². The third-order valence-corrected chi connectivity index (χ3v) is 4.94. The average molecular weight is 252 g/mol. The summed E-state index contributed by atoms with van der Waals surface area (Å²) in [5, 5.41) is 0. The molecule has 0 spiro atoms. The van der Waals surface area contributed by atoms with Crippen molar-refractivity contribution in [2.75, 3.05) is 13.1 Å². The minimum atomic E-state index is -0.189. The summed E-state index contributed by atoms with van der Waals surface area (Å²) in [6.07, 6.45) is 7.35. The van der Waals surface area contributed by atoms with E-state index in [-0.39, 0.29) is 5.54 Å². The van der Waals surface area contributed by atoms with E-state index in [2.05, 4.69) is 13.8 Å². The molecule has 1 saturated carbocycles. The van der Waals surface area contributed by atoms with Crippen molar-refractivity contribution in [3.05, 3.63) is 0 Å². The van der Waals surface area contributed by atoms with Crippen molar-refractivity contribution < 1.29 is 4.79 Å². The molecule has 2 N–H and O–H groups in total. The van der Waals surface area contributed by atoms with Gasteiger partial charge in [0.2, 0.25) is 5.91 Å². The van der Waals surface area contributed by atoms with Crippen LogP contribution in [0, 0.1) is 11.8 Å². The molecule has 1 saturated heterocycles. The van der Waals surface area contributed by atoms with Crippen LogP contribution in [0.4, 0.5) is 0 Å². The molecule has 1 aliphatic carbocycles. The highest BCUT2D eigenvalue weighted by molar-refractivity contribution is 5.77. The largest absolute Gasteiger partial charge is 0.343 e. The van der Waals surface area contributed by atoms with E-state index in [1.54, 1.807) is 0 Å². The minimum absolute atomic E-state index is 0.189. The van der Waals surface area contributed by atoms with Crippen molar-refractivity contribution in [3.8, 4) is 0 Å². The molecule has 1 heterocycles. The third kappa shape index (κ3) is 3.25. The molecular weight excluding hydrogens is 224 g/mol. The maximum atomic E-state index is 12.3. The molecular formula is C15H28N2O. The van der Waals surface area contributed by atoms with Gasteiger partial charge in [0, 0.05) is 25.0 Å². The van der Waals surface area contributed by atoms with E-state index in [1.807, 2.05) is 4.90 Å². The smallest absolute Gasteiger partial charge is 0.224 e. The Hall–Kier alpha value is -0.570. The van der Waals surface area contributed by atoms with Crippen LogP contribution in [0.2, 0.25) is 0 Å². The first kappa shape index (κ1) is 13.9. The number of hydrogen-bond donors (Lipinski definition) is 1. The molecule has 1 aliphatic heterocycles. The van der Waals surface area contributed by atoms with Gasteiger partial charge in [-0.15, -0.1) is 0 Å². The van der Waals surface area contributed by atoms with E-state index >= 15 is 0 Å². The normalized spacial score (nSPS) is 24.8. The molecule has 18 heavy (non-hydrogen) atoms. The molecule has 0 aromatic heterocycles. The fraction of sp³-hybridized carbons (Fsp3) is 0.933. The zero-order chi connectivity index (χ0) is 13.2. The Balaban J connectivity index is 1.80. The lowest BCUT2D eigenvalue weighted by Crippen LogP contribution is -2.46. The highest BCUT2D eigenvalue weighted by Crippen LogP contribution is 2.31. The maximum Gasteiger partial charge on any atom is 0.224 e. The highest BCUT2D eigenvalue weighted by Gasteiger charge is 2.34. The summed E-state index contributed by atoms with van der Waals surface area (Å²) in [5.74, 6) is 1.84. The molecule has 0 aromatic rings. The van der Waals surface area contributed by atoms with E-state index in [9.17, 15) is 4.79 Å². The number of amides is 1. The van der Waals surface area contributed by atoms with Gasteiger partial charge in [0.15, 0.2) is 0 Å². The highest BCUT2D eigenvalue weighted by atomic mass is 16.2. The molecule has 0 radical (unpaired) electrons. The second-order valence-corrected chi connectivity index (χ2v) is 6.71. The number of likely N-dealkylation sites (tertiary alicyclic amines) is 1. The zero-order valence-corrected chi connectivity index (χ0v) is 12.0. The second kappa shape index (κ2) is 5.60. The van der Waals surface area contributed by atoms with E-state index in [0.717, 1.165) is 37.8 Å². The van der Waals surface area contributed by atoms with Gasteiger partial charge < -0.3 is 10.6 Å². The standard InChI is InChI=1S/C15H28N2O/c1-12(2)13-5-9-17(10-6-13)14(18)11-15(16)7-3-4-8-15/h12-13H,3-11,16H2,1-2H3. The summed E-state index contributed by atoms with van der Waals surface area (Å²) in [5.41, 5.74) is 6.11. The van der Waals surface area contributed by atoms with Crippen molar-refractivity contribution in [1.82, 2.24) is 4.90 Å². The van der Waals surface area contributed by atoms with Crippen LogP contribution in [-0.2, 0) is 4.79 Å². The Morgan fingerprint density at radius 3 is 2.33 bits per heavy atom. The molecule has 2 fully saturated rings. The summed E-state index contributed by atoms with van der Waals surface area (Å²) in [4.78, 5) is 14.3. The van der Waals surface area contributed by atoms with E-state index < -0.39 is 0 Å². The Labute approximate surface area is 111 Å². The van der Waals surface area contributed by atoms with Crippen LogP contribution >= 0.6 is 0 Å². The van der Waals surface area contributed by atoms with Gasteiger partial charge in [-0.05, 0) is 37.5 Å². The molecule has 0 bridgehead atoms. The van der Waals surface area contributed by atoms with Gasteiger partial charge in [-0.2, -0.15) is 0 Å². The number of nitrogens with two attached hydrogens (primary N) is 1. The minimum Gasteiger partial charge on any atom is -0.343 e. The van der Waals surface area contributed by atoms with Crippen LogP contribution in [0.15, 0.2) is 0 Å². The van der Waals surface area contributed by atoms with Gasteiger partial charge in [0.05, 0.1) is 0 Å². The van der Waals surface area contributed by atoms with Gasteiger partial charge in [-0.25, -0.2) is 0 Å². The molecule has 0 aromatic carbocycles. The van der Waals surface area contributed by atoms with Crippen molar-refractivity contribution in [3.63, 3.8) is 0 Å². The third-order valence-electron chi connectivity index (χ3n) is 4.94. The molecule has 104 valence electrons. The molecule has 1 amide bonds. The van der Waals surface area contributed by atoms with Crippen LogP contribution in [0.25, 0.3) is 0 Å². The first-order valence-corrected chi connectivity index (χ1v) is 7.57. The van der Waals surface area contributed by atoms with Gasteiger partial charge in [-0.3, -0.25) is 4.79 Å². The predicted molar refractivity (Wildman–Crippen MR) is 74.1 cm³/mol. The fourth-order valence-corrected chi connectivity index (χ4v) is 3.48. The number of nitrogens with zero attached hydrogens (tertiary/aromatic N) is 1. The lowest BCUT2D eigenvalue weighted by Gasteiger charge is -2.35. The summed E-state index contributed by atoms with van der Waals surface area (Å²) < 4.78 is 0. The van der Waals surface area contributed by atoms with Gasteiger partial charge >= 0.3 is 0 Å². The lowest BCUT2D eigenvalue weighted by atomic mass is 9.86. The van der Waals surface area contributed by atoms with Crippen molar-refractivity contribution >= 4 is 5.91 Å². The SMILES string of the molecule is CC(C)C1CCN(C(=O)CC2(N)CCCC2)CC1. The van der Waals surface area contributed by atoms with Crippen LogP contribution < -0.4 is 5.73 Å². The summed E-state index contributed by atoms with van der Waals surface area (Å²) in [7, 11) is 0. The van der Waals surface area contributed by atoms with Gasteiger partial charge in [0.1, 0.15) is 0 Å². The lowest BCUT2D eigenvalue weighted by molar-refractivity contribution is -0.134.